The summed E-state index contributed by atoms with van der Waals surface area (Å²) in [6.45, 7) is 3.08. The van der Waals surface area contributed by atoms with E-state index >= 15 is 0 Å². The Morgan fingerprint density at radius 2 is 2.03 bits per heavy atom. The van der Waals surface area contributed by atoms with Crippen molar-refractivity contribution >= 4 is 22.9 Å². The van der Waals surface area contributed by atoms with Gasteiger partial charge in [0.15, 0.2) is 11.5 Å². The van der Waals surface area contributed by atoms with Gasteiger partial charge in [-0.05, 0) is 50.3 Å². The molecule has 3 aromatic rings. The lowest BCUT2D eigenvalue weighted by Gasteiger charge is -2.36. The highest BCUT2D eigenvalue weighted by Gasteiger charge is 2.43. The maximum absolute atomic E-state index is 13.2. The fraction of sp³-hybridized carbons (Fsp3) is 0.542. The molecule has 0 aromatic carbocycles. The van der Waals surface area contributed by atoms with Crippen LogP contribution >= 0.6 is 0 Å². The smallest absolute Gasteiger partial charge is 0.227 e. The van der Waals surface area contributed by atoms with Crippen LogP contribution in [0.5, 0.6) is 0 Å². The van der Waals surface area contributed by atoms with Gasteiger partial charge in [0.2, 0.25) is 5.91 Å². The van der Waals surface area contributed by atoms with Crippen LogP contribution in [0.4, 0.5) is 5.82 Å². The summed E-state index contributed by atoms with van der Waals surface area (Å²) in [6.07, 6.45) is 7.32. The van der Waals surface area contributed by atoms with Gasteiger partial charge in [-0.1, -0.05) is 0 Å². The summed E-state index contributed by atoms with van der Waals surface area (Å²) in [5.41, 5.74) is 2.37. The highest BCUT2D eigenvalue weighted by molar-refractivity contribution is 5.81. The molecular formula is C24H27N7O2. The van der Waals surface area contributed by atoms with Crippen LogP contribution in [0.2, 0.25) is 0 Å². The number of aromatic nitrogens is 5. The number of hydrogen-bond acceptors (Lipinski definition) is 7. The van der Waals surface area contributed by atoms with Crippen LogP contribution < -0.4 is 4.90 Å². The van der Waals surface area contributed by atoms with E-state index in [0.717, 1.165) is 66.7 Å². The largest absolute Gasteiger partial charge is 0.374 e. The first-order valence-corrected chi connectivity index (χ1v) is 12.1. The van der Waals surface area contributed by atoms with Crippen molar-refractivity contribution < 1.29 is 9.53 Å². The maximum atomic E-state index is 13.2. The molecule has 2 unspecified atom stereocenters. The van der Waals surface area contributed by atoms with Crippen molar-refractivity contribution in [3.8, 4) is 11.5 Å². The zero-order valence-electron chi connectivity index (χ0n) is 18.5. The van der Waals surface area contributed by atoms with Gasteiger partial charge in [0.05, 0.1) is 24.7 Å². The molecule has 3 atom stereocenters. The first-order chi connectivity index (χ1) is 16.2. The molecule has 1 saturated carbocycles. The van der Waals surface area contributed by atoms with Crippen LogP contribution in [0.1, 0.15) is 43.8 Å². The van der Waals surface area contributed by atoms with Gasteiger partial charge in [0, 0.05) is 31.7 Å². The van der Waals surface area contributed by atoms with Crippen LogP contribution in [-0.2, 0) is 9.53 Å². The quantitative estimate of drug-likeness (QED) is 0.659. The SMILES string of the molecule is O=C([C@@H]1CCCN(c2ccc3nc(-c4ccnc(C5CC5)n4)[nH]c3n2)C1)N1CC2CC1CO2. The number of anilines is 1. The molecule has 1 N–H and O–H groups in total. The Morgan fingerprint density at radius 1 is 1.09 bits per heavy atom. The van der Waals surface area contributed by atoms with E-state index in [-0.39, 0.29) is 24.0 Å². The van der Waals surface area contributed by atoms with Crippen molar-refractivity contribution in [1.29, 1.82) is 0 Å². The van der Waals surface area contributed by atoms with Gasteiger partial charge in [-0.2, -0.15) is 0 Å². The van der Waals surface area contributed by atoms with Crippen LogP contribution in [-0.4, -0.2) is 74.1 Å². The number of hydrogen-bond donors (Lipinski definition) is 1. The van der Waals surface area contributed by atoms with E-state index in [2.05, 4.69) is 19.8 Å². The molecule has 4 aliphatic rings. The lowest BCUT2D eigenvalue weighted by atomic mass is 9.96. The van der Waals surface area contributed by atoms with Crippen molar-refractivity contribution in [3.63, 3.8) is 0 Å². The number of rotatable bonds is 4. The minimum Gasteiger partial charge on any atom is -0.374 e. The predicted octanol–water partition coefficient (Wildman–Crippen LogP) is 2.51. The summed E-state index contributed by atoms with van der Waals surface area (Å²) in [5, 5.41) is 0. The minimum absolute atomic E-state index is 0.0230. The number of nitrogens with one attached hydrogen (secondary N) is 1. The van der Waals surface area contributed by atoms with E-state index in [4.69, 9.17) is 19.7 Å². The Hall–Kier alpha value is -3.07. The molecule has 1 aliphatic carbocycles. The van der Waals surface area contributed by atoms with Crippen LogP contribution in [0.25, 0.3) is 22.7 Å². The van der Waals surface area contributed by atoms with E-state index in [1.165, 1.54) is 12.8 Å². The Labute approximate surface area is 191 Å². The summed E-state index contributed by atoms with van der Waals surface area (Å²) in [5.74, 6) is 3.32. The molecule has 1 amide bonds. The van der Waals surface area contributed by atoms with E-state index < -0.39 is 0 Å². The van der Waals surface area contributed by atoms with Gasteiger partial charge in [-0.3, -0.25) is 4.79 Å². The number of nitrogens with zero attached hydrogens (tertiary/aromatic N) is 6. The fourth-order valence-electron chi connectivity index (χ4n) is 5.52. The molecule has 0 radical (unpaired) electrons. The van der Waals surface area contributed by atoms with Crippen molar-refractivity contribution in [2.45, 2.75) is 50.2 Å². The van der Waals surface area contributed by atoms with E-state index in [1.54, 1.807) is 0 Å². The number of ether oxygens (including phenoxy) is 1. The molecule has 9 nitrogen and oxygen atoms in total. The highest BCUT2D eigenvalue weighted by atomic mass is 16.5. The molecule has 9 heteroatoms. The Morgan fingerprint density at radius 3 is 2.85 bits per heavy atom. The molecule has 33 heavy (non-hydrogen) atoms. The van der Waals surface area contributed by atoms with Crippen LogP contribution in [0.3, 0.4) is 0 Å². The normalized spacial score (nSPS) is 27.0. The van der Waals surface area contributed by atoms with Crippen molar-refractivity contribution in [2.75, 3.05) is 31.1 Å². The van der Waals surface area contributed by atoms with Gasteiger partial charge < -0.3 is 19.5 Å². The molecule has 3 aromatic heterocycles. The molecule has 2 bridgehead atoms. The molecule has 0 spiro atoms. The summed E-state index contributed by atoms with van der Waals surface area (Å²) in [4.78, 5) is 39.6. The number of amides is 1. The zero-order chi connectivity index (χ0) is 21.9. The van der Waals surface area contributed by atoms with E-state index in [9.17, 15) is 4.79 Å². The van der Waals surface area contributed by atoms with Gasteiger partial charge in [-0.25, -0.2) is 19.9 Å². The Balaban J connectivity index is 1.11. The van der Waals surface area contributed by atoms with E-state index in [1.807, 2.05) is 24.4 Å². The number of morpholine rings is 1. The molecule has 4 fully saturated rings. The zero-order valence-corrected chi connectivity index (χ0v) is 18.5. The fourth-order valence-corrected chi connectivity index (χ4v) is 5.52. The third-order valence-electron chi connectivity index (χ3n) is 7.47. The van der Waals surface area contributed by atoms with E-state index in [0.29, 0.717) is 19.1 Å². The number of carbonyl (C=O) groups is 1. The third kappa shape index (κ3) is 3.45. The number of likely N-dealkylation sites (tertiary alicyclic amines) is 1. The molecule has 3 aliphatic heterocycles. The maximum Gasteiger partial charge on any atom is 0.227 e. The second-order valence-corrected chi connectivity index (χ2v) is 9.82. The average Bonchev–Trinajstić information content (AvgIpc) is 3.28. The van der Waals surface area contributed by atoms with Gasteiger partial charge in [-0.15, -0.1) is 0 Å². The molecule has 6 heterocycles. The molecular weight excluding hydrogens is 418 g/mol. The Bertz CT molecular complexity index is 1220. The topological polar surface area (TPSA) is 100 Å². The minimum atomic E-state index is 0.0230. The predicted molar refractivity (Wildman–Crippen MR) is 122 cm³/mol. The number of carbonyl (C=O) groups excluding carboxylic acids is 1. The Kier molecular flexibility index (Phi) is 4.40. The molecule has 7 rings (SSSR count). The summed E-state index contributed by atoms with van der Waals surface area (Å²) in [6, 6.07) is 6.18. The van der Waals surface area contributed by atoms with Crippen LogP contribution in [0.15, 0.2) is 24.4 Å². The summed E-state index contributed by atoms with van der Waals surface area (Å²) < 4.78 is 5.67. The number of piperidine rings is 1. The van der Waals surface area contributed by atoms with Crippen molar-refractivity contribution in [1.82, 2.24) is 29.8 Å². The third-order valence-corrected chi connectivity index (χ3v) is 7.47. The summed E-state index contributed by atoms with van der Waals surface area (Å²) >= 11 is 0. The van der Waals surface area contributed by atoms with Gasteiger partial charge >= 0.3 is 0 Å². The lowest BCUT2D eigenvalue weighted by Crippen LogP contribution is -2.49. The number of aromatic amines is 1. The second-order valence-electron chi connectivity index (χ2n) is 9.82. The van der Waals surface area contributed by atoms with Gasteiger partial charge in [0.25, 0.3) is 0 Å². The van der Waals surface area contributed by atoms with Crippen LogP contribution in [0, 0.1) is 5.92 Å². The molecule has 170 valence electrons. The summed E-state index contributed by atoms with van der Waals surface area (Å²) in [7, 11) is 0. The van der Waals surface area contributed by atoms with Gasteiger partial charge in [0.1, 0.15) is 22.9 Å². The first kappa shape index (κ1) is 19.4. The number of pyridine rings is 1. The lowest BCUT2D eigenvalue weighted by molar-refractivity contribution is -0.140. The molecule has 3 saturated heterocycles. The second kappa shape index (κ2) is 7.48. The first-order valence-electron chi connectivity index (χ1n) is 12.1. The monoisotopic (exact) mass is 445 g/mol. The van der Waals surface area contributed by atoms with Crippen molar-refractivity contribution in [3.05, 3.63) is 30.2 Å². The highest BCUT2D eigenvalue weighted by Crippen LogP contribution is 2.38. The van der Waals surface area contributed by atoms with Crippen molar-refractivity contribution in [2.24, 2.45) is 5.92 Å². The number of fused-ring (bicyclic) bond motifs is 3. The number of imidazole rings is 1. The number of H-pyrrole nitrogens is 1. The standard InChI is InChI=1S/C24H27N7O2/c32-24(31-12-17-10-16(31)13-33-17)15-2-1-9-30(11-15)20-6-5-18-23(28-20)29-22(27-18)19-7-8-25-21(26-19)14-3-4-14/h5-8,14-17H,1-4,9-13H2,(H,27,28,29)/t15-,16?,17?/m1/s1. The average molecular weight is 446 g/mol.